The molecule has 1 N–H and O–H groups in total. The molecule has 0 radical (unpaired) electrons. The first-order valence-corrected chi connectivity index (χ1v) is 4.16. The van der Waals surface area contributed by atoms with E-state index in [0.717, 1.165) is 6.42 Å². The first kappa shape index (κ1) is 10.3. The Kier molecular flexibility index (Phi) is 8.64. The Bertz CT molecular complexity index is 148. The van der Waals surface area contributed by atoms with Crippen molar-refractivity contribution in [3.05, 3.63) is 12.2 Å². The van der Waals surface area contributed by atoms with Gasteiger partial charge >= 0.3 is 0 Å². The summed E-state index contributed by atoms with van der Waals surface area (Å²) in [6.07, 6.45) is 8.02. The number of unbranched alkanes of at least 4 members (excludes halogenated alkanes) is 3. The summed E-state index contributed by atoms with van der Waals surface area (Å²) in [4.78, 5) is 0. The van der Waals surface area contributed by atoms with E-state index < -0.39 is 0 Å². The smallest absolute Gasteiger partial charge is 0.0621 e. The van der Waals surface area contributed by atoms with E-state index >= 15 is 0 Å². The fourth-order valence-corrected chi connectivity index (χ4v) is 0.706. The molecule has 0 atom stereocenters. The number of hydrogen-bond donors (Lipinski definition) is 1. The van der Waals surface area contributed by atoms with Gasteiger partial charge in [0.25, 0.3) is 0 Å². The predicted octanol–water partition coefficient (Wildman–Crippen LogP) is 2.12. The van der Waals surface area contributed by atoms with Gasteiger partial charge in [0.15, 0.2) is 0 Å². The molecule has 0 fully saturated rings. The molecule has 1 heteroatoms. The van der Waals surface area contributed by atoms with Crippen LogP contribution in [0.1, 0.15) is 32.6 Å². The van der Waals surface area contributed by atoms with Gasteiger partial charge in [-0.25, -0.2) is 0 Å². The Morgan fingerprint density at radius 1 is 1.36 bits per heavy atom. The maximum absolute atomic E-state index is 8.35. The molecule has 0 heterocycles. The van der Waals surface area contributed by atoms with Crippen molar-refractivity contribution in [3.63, 3.8) is 0 Å². The summed E-state index contributed by atoms with van der Waals surface area (Å²) in [5, 5.41) is 8.35. The van der Waals surface area contributed by atoms with Crippen LogP contribution in [0.3, 0.4) is 0 Å². The minimum absolute atomic E-state index is 0.0869. The molecule has 0 bridgehead atoms. The van der Waals surface area contributed by atoms with Gasteiger partial charge in [-0.15, -0.1) is 0 Å². The minimum atomic E-state index is 0.0869. The van der Waals surface area contributed by atoms with Gasteiger partial charge in [0.1, 0.15) is 0 Å². The second-order valence-electron chi connectivity index (χ2n) is 2.36. The molecule has 0 rings (SSSR count). The van der Waals surface area contributed by atoms with Gasteiger partial charge < -0.3 is 5.11 Å². The number of allylic oxidation sites excluding steroid dienone is 1. The summed E-state index contributed by atoms with van der Waals surface area (Å²) in [6, 6.07) is 0. The van der Waals surface area contributed by atoms with Gasteiger partial charge in [0, 0.05) is 6.42 Å². The van der Waals surface area contributed by atoms with E-state index in [1.165, 1.54) is 19.3 Å². The van der Waals surface area contributed by atoms with E-state index in [-0.39, 0.29) is 6.61 Å². The molecule has 0 aromatic rings. The molecule has 0 aromatic carbocycles. The highest BCUT2D eigenvalue weighted by Crippen LogP contribution is 1.96. The van der Waals surface area contributed by atoms with Gasteiger partial charge in [-0.2, -0.15) is 0 Å². The van der Waals surface area contributed by atoms with Crippen LogP contribution in [0, 0.1) is 11.8 Å². The molecule has 11 heavy (non-hydrogen) atoms. The standard InChI is InChI=1S/C10H16O/c1-2-3-4-5-6-7-8-9-10-11/h8-9,11H,2-5,10H2,1H3/b9-8-. The van der Waals surface area contributed by atoms with Crippen LogP contribution < -0.4 is 0 Å². The van der Waals surface area contributed by atoms with E-state index in [9.17, 15) is 0 Å². The van der Waals surface area contributed by atoms with Crippen molar-refractivity contribution in [2.24, 2.45) is 0 Å². The fraction of sp³-hybridized carbons (Fsp3) is 0.600. The summed E-state index contributed by atoms with van der Waals surface area (Å²) >= 11 is 0. The number of aliphatic hydroxyl groups is 1. The zero-order chi connectivity index (χ0) is 8.36. The van der Waals surface area contributed by atoms with Gasteiger partial charge in [-0.1, -0.05) is 37.7 Å². The highest BCUT2D eigenvalue weighted by molar-refractivity contribution is 5.14. The molecule has 1 nitrogen and oxygen atoms in total. The summed E-state index contributed by atoms with van der Waals surface area (Å²) in [7, 11) is 0. The van der Waals surface area contributed by atoms with Crippen LogP contribution in [-0.4, -0.2) is 11.7 Å². The number of aliphatic hydroxyl groups excluding tert-OH is 1. The van der Waals surface area contributed by atoms with Crippen molar-refractivity contribution in [2.45, 2.75) is 32.6 Å². The second-order valence-corrected chi connectivity index (χ2v) is 2.36. The molecule has 0 unspecified atom stereocenters. The van der Waals surface area contributed by atoms with E-state index in [1.807, 2.05) is 0 Å². The van der Waals surface area contributed by atoms with E-state index in [2.05, 4.69) is 18.8 Å². The fourth-order valence-electron chi connectivity index (χ4n) is 0.706. The maximum Gasteiger partial charge on any atom is 0.0621 e. The second kappa shape index (κ2) is 9.26. The monoisotopic (exact) mass is 152 g/mol. The highest BCUT2D eigenvalue weighted by atomic mass is 16.2. The van der Waals surface area contributed by atoms with Crippen LogP contribution in [-0.2, 0) is 0 Å². The van der Waals surface area contributed by atoms with Crippen LogP contribution in [0.4, 0.5) is 0 Å². The van der Waals surface area contributed by atoms with Crippen LogP contribution in [0.5, 0.6) is 0 Å². The SMILES string of the molecule is CCCCCC#C/C=C\CO. The molecule has 0 aliphatic rings. The molecule has 0 aliphatic carbocycles. The molecule has 0 aromatic heterocycles. The molecule has 0 saturated carbocycles. The lowest BCUT2D eigenvalue weighted by Crippen LogP contribution is -1.71. The molecular formula is C10H16O. The third-order valence-corrected chi connectivity index (χ3v) is 1.31. The number of rotatable bonds is 4. The average Bonchev–Trinajstić information content (AvgIpc) is 2.03. The molecule has 0 spiro atoms. The van der Waals surface area contributed by atoms with Gasteiger partial charge in [-0.05, 0) is 12.5 Å². The van der Waals surface area contributed by atoms with Crippen molar-refractivity contribution < 1.29 is 5.11 Å². The van der Waals surface area contributed by atoms with Gasteiger partial charge in [0.2, 0.25) is 0 Å². The Hall–Kier alpha value is -0.740. The highest BCUT2D eigenvalue weighted by Gasteiger charge is 1.79. The van der Waals surface area contributed by atoms with Crippen molar-refractivity contribution in [3.8, 4) is 11.8 Å². The quantitative estimate of drug-likeness (QED) is 0.483. The van der Waals surface area contributed by atoms with Gasteiger partial charge in [-0.3, -0.25) is 0 Å². The Morgan fingerprint density at radius 3 is 2.82 bits per heavy atom. The van der Waals surface area contributed by atoms with Crippen molar-refractivity contribution in [1.82, 2.24) is 0 Å². The van der Waals surface area contributed by atoms with Gasteiger partial charge in [0.05, 0.1) is 6.61 Å². The normalized spacial score (nSPS) is 9.64. The lowest BCUT2D eigenvalue weighted by Gasteiger charge is -1.87. The first-order valence-electron chi connectivity index (χ1n) is 4.16. The third-order valence-electron chi connectivity index (χ3n) is 1.31. The Morgan fingerprint density at radius 2 is 2.18 bits per heavy atom. The van der Waals surface area contributed by atoms with Crippen LogP contribution >= 0.6 is 0 Å². The summed E-state index contributed by atoms with van der Waals surface area (Å²) in [5.74, 6) is 5.86. The number of hydrogen-bond acceptors (Lipinski definition) is 1. The van der Waals surface area contributed by atoms with Crippen molar-refractivity contribution in [2.75, 3.05) is 6.61 Å². The van der Waals surface area contributed by atoms with Crippen molar-refractivity contribution in [1.29, 1.82) is 0 Å². The molecular weight excluding hydrogens is 136 g/mol. The minimum Gasteiger partial charge on any atom is -0.392 e. The predicted molar refractivity (Wildman–Crippen MR) is 48.1 cm³/mol. The Labute approximate surface area is 69.1 Å². The summed E-state index contributed by atoms with van der Waals surface area (Å²) < 4.78 is 0. The molecule has 0 saturated heterocycles. The molecule has 0 aliphatic heterocycles. The van der Waals surface area contributed by atoms with Crippen LogP contribution in [0.25, 0.3) is 0 Å². The first-order chi connectivity index (χ1) is 5.41. The van der Waals surface area contributed by atoms with E-state index in [0.29, 0.717) is 0 Å². The summed E-state index contributed by atoms with van der Waals surface area (Å²) in [6.45, 7) is 2.27. The van der Waals surface area contributed by atoms with Crippen LogP contribution in [0.2, 0.25) is 0 Å². The lowest BCUT2D eigenvalue weighted by atomic mass is 10.2. The zero-order valence-corrected chi connectivity index (χ0v) is 7.14. The zero-order valence-electron chi connectivity index (χ0n) is 7.14. The Balaban J connectivity index is 3.19. The van der Waals surface area contributed by atoms with E-state index in [4.69, 9.17) is 5.11 Å². The van der Waals surface area contributed by atoms with E-state index in [1.54, 1.807) is 12.2 Å². The molecule has 62 valence electrons. The lowest BCUT2D eigenvalue weighted by molar-refractivity contribution is 0.343. The average molecular weight is 152 g/mol. The maximum atomic E-state index is 8.35. The third kappa shape index (κ3) is 9.26. The molecule has 0 amide bonds. The topological polar surface area (TPSA) is 20.2 Å². The van der Waals surface area contributed by atoms with Crippen LogP contribution in [0.15, 0.2) is 12.2 Å². The summed E-state index contributed by atoms with van der Waals surface area (Å²) in [5.41, 5.74) is 0. The van der Waals surface area contributed by atoms with Crippen molar-refractivity contribution >= 4 is 0 Å². The largest absolute Gasteiger partial charge is 0.392 e.